The second-order valence-electron chi connectivity index (χ2n) is 14.0. The van der Waals surface area contributed by atoms with Crippen molar-refractivity contribution in [1.29, 1.82) is 10.5 Å². The predicted octanol–water partition coefficient (Wildman–Crippen LogP) is 5.40. The third kappa shape index (κ3) is 15.2. The predicted molar refractivity (Wildman–Crippen MR) is 234 cm³/mol. The van der Waals surface area contributed by atoms with Gasteiger partial charge >= 0.3 is 5.97 Å². The van der Waals surface area contributed by atoms with Crippen LogP contribution in [-0.4, -0.2) is 80.7 Å². The van der Waals surface area contributed by atoms with Crippen LogP contribution in [0, 0.1) is 42.3 Å². The third-order valence-electron chi connectivity index (χ3n) is 8.61. The zero-order chi connectivity index (χ0) is 50.7. The molecule has 0 spiro atoms. The number of halogens is 2. The van der Waals surface area contributed by atoms with Gasteiger partial charge in [-0.15, -0.1) is 0 Å². The summed E-state index contributed by atoms with van der Waals surface area (Å²) < 4.78 is 31.5. The number of carboxylic acid groups (broad SMARTS) is 1. The first-order valence-corrected chi connectivity index (χ1v) is 20.3. The number of carbonyl (C=O) groups is 6. The number of aliphatic carboxylic acids is 1. The maximum absolute atomic E-state index is 12.7. The summed E-state index contributed by atoms with van der Waals surface area (Å²) in [7, 11) is 0. The molecule has 0 bridgehead atoms. The van der Waals surface area contributed by atoms with Gasteiger partial charge in [0.15, 0.2) is 0 Å². The van der Waals surface area contributed by atoms with Gasteiger partial charge in [0.25, 0.3) is 0 Å². The molecule has 8 aromatic rings. The number of hydrogen-bond acceptors (Lipinski definition) is 20. The van der Waals surface area contributed by atoms with E-state index in [1.165, 1.54) is 36.4 Å². The van der Waals surface area contributed by atoms with Crippen molar-refractivity contribution >= 4 is 46.6 Å². The molecule has 352 valence electrons. The normalized spacial score (nSPS) is 10.1. The second kappa shape index (κ2) is 24.7. The number of carbonyl (C=O) groups excluding carboxylic acids is 5. The van der Waals surface area contributed by atoms with Crippen LogP contribution >= 0.6 is 11.6 Å². The molecule has 0 saturated heterocycles. The van der Waals surface area contributed by atoms with E-state index < -0.39 is 35.7 Å². The maximum atomic E-state index is 12.7. The summed E-state index contributed by atoms with van der Waals surface area (Å²) in [5, 5.41) is 39.9. The van der Waals surface area contributed by atoms with Gasteiger partial charge in [-0.1, -0.05) is 91.9 Å². The number of nitrogens with two attached hydrogens (primary N) is 1. The van der Waals surface area contributed by atoms with Crippen molar-refractivity contribution in [3.05, 3.63) is 188 Å². The van der Waals surface area contributed by atoms with Gasteiger partial charge in [-0.05, 0) is 62.4 Å². The van der Waals surface area contributed by atoms with Crippen LogP contribution < -0.4 is 5.73 Å². The summed E-state index contributed by atoms with van der Waals surface area (Å²) in [5.74, 6) is -3.95. The quantitative estimate of drug-likeness (QED) is 0.129. The molecule has 4 aromatic heterocycles. The summed E-state index contributed by atoms with van der Waals surface area (Å²) in [5.41, 5.74) is 8.68. The summed E-state index contributed by atoms with van der Waals surface area (Å²) in [4.78, 5) is 83.8. The Hall–Kier alpha value is -9.74. The lowest BCUT2D eigenvalue weighted by molar-refractivity contribution is -0.136. The molecule has 4 aromatic carbocycles. The van der Waals surface area contributed by atoms with Crippen LogP contribution in [0.2, 0.25) is 5.02 Å². The number of ketones is 4. The number of primary amides is 1. The molecule has 3 N–H and O–H groups in total. The highest BCUT2D eigenvalue weighted by atomic mass is 35.5. The molecular weight excluding hydrogens is 937 g/mol. The van der Waals surface area contributed by atoms with E-state index in [-0.39, 0.29) is 83.3 Å². The fourth-order valence-corrected chi connectivity index (χ4v) is 5.34. The Bertz CT molecular complexity index is 2990. The molecule has 0 fully saturated rings. The monoisotopic (exact) mass is 969 g/mol. The van der Waals surface area contributed by atoms with E-state index in [4.69, 9.17) is 46.5 Å². The molecule has 8 rings (SSSR count). The summed E-state index contributed by atoms with van der Waals surface area (Å²) >= 11 is 5.70. The average molecular weight is 970 g/mol. The van der Waals surface area contributed by atoms with Gasteiger partial charge in [-0.3, -0.25) is 28.8 Å². The average Bonchev–Trinajstić information content (AvgIpc) is 4.19. The number of hydrogen-bond donors (Lipinski definition) is 2. The van der Waals surface area contributed by atoms with Gasteiger partial charge in [0.05, 0.1) is 12.1 Å². The molecule has 0 aliphatic heterocycles. The maximum Gasteiger partial charge on any atom is 0.312 e. The van der Waals surface area contributed by atoms with E-state index >= 15 is 0 Å². The fourth-order valence-electron chi connectivity index (χ4n) is 5.22. The van der Waals surface area contributed by atoms with Gasteiger partial charge in [0.1, 0.15) is 31.5 Å². The van der Waals surface area contributed by atoms with Crippen LogP contribution in [0.25, 0.3) is 0 Å². The number of nitriles is 2. The van der Waals surface area contributed by atoms with E-state index in [0.29, 0.717) is 21.7 Å². The summed E-state index contributed by atoms with van der Waals surface area (Å²) in [6.07, 6.45) is -0.632. The molecule has 0 radical (unpaired) electrons. The first-order chi connectivity index (χ1) is 33.5. The van der Waals surface area contributed by atoms with Crippen molar-refractivity contribution in [3.8, 4) is 12.1 Å². The van der Waals surface area contributed by atoms with Crippen molar-refractivity contribution in [2.75, 3.05) is 0 Å². The van der Waals surface area contributed by atoms with E-state index in [1.807, 2.05) is 50.3 Å². The lowest BCUT2D eigenvalue weighted by atomic mass is 10.1. The largest absolute Gasteiger partial charge is 0.481 e. The zero-order valence-corrected chi connectivity index (χ0v) is 37.2. The first kappa shape index (κ1) is 51.2. The number of aromatic nitrogens is 8. The lowest BCUT2D eigenvalue weighted by Crippen LogP contribution is -2.14. The van der Waals surface area contributed by atoms with Gasteiger partial charge in [0, 0.05) is 27.3 Å². The summed E-state index contributed by atoms with van der Waals surface area (Å²) in [6, 6.07) is 29.0. The number of amides is 1. The molecule has 0 aliphatic rings. The minimum Gasteiger partial charge on any atom is -0.481 e. The van der Waals surface area contributed by atoms with E-state index in [2.05, 4.69) is 45.1 Å². The molecule has 22 nitrogen and oxygen atoms in total. The Balaban J connectivity index is 0.000000174. The Morgan fingerprint density at radius 3 is 1.16 bits per heavy atom. The Morgan fingerprint density at radius 2 is 0.829 bits per heavy atom. The van der Waals surface area contributed by atoms with Crippen molar-refractivity contribution in [3.63, 3.8) is 0 Å². The van der Waals surface area contributed by atoms with Gasteiger partial charge < -0.3 is 28.9 Å². The minimum atomic E-state index is -1.11. The molecule has 0 unspecified atom stereocenters. The molecule has 0 atom stereocenters. The van der Waals surface area contributed by atoms with E-state index in [1.54, 1.807) is 36.4 Å². The Labute approximate surface area is 398 Å². The fraction of sp³-hybridized carbons (Fsp3) is 0.130. The van der Waals surface area contributed by atoms with Crippen molar-refractivity contribution in [1.82, 2.24) is 40.6 Å². The molecule has 24 heteroatoms. The van der Waals surface area contributed by atoms with Crippen LogP contribution in [0.3, 0.4) is 0 Å². The topological polar surface area (TPSA) is 352 Å². The third-order valence-corrected chi connectivity index (χ3v) is 8.87. The van der Waals surface area contributed by atoms with Crippen molar-refractivity contribution in [2.24, 2.45) is 5.73 Å². The number of aryl methyl sites for hydroxylation is 2. The van der Waals surface area contributed by atoms with Crippen LogP contribution in [0.1, 0.15) is 99.4 Å². The number of nitrogens with zero attached hydrogens (tertiary/aromatic N) is 10. The van der Waals surface area contributed by atoms with Crippen molar-refractivity contribution < 1.29 is 56.4 Å². The lowest BCUT2D eigenvalue weighted by Gasteiger charge is -1.96. The number of carboxylic acids is 1. The van der Waals surface area contributed by atoms with Crippen LogP contribution in [0.15, 0.2) is 115 Å². The van der Waals surface area contributed by atoms with E-state index in [0.717, 1.165) is 11.1 Å². The SMILES string of the molecule is Cc1ccc(C(=O)c2noc(CC#N)n2)cc1.Cc1ccc(C(=O)c2noc(CC(N)=O)n2)cc1.N#CCc1nc(C(=O)c2ccc(F)cc2)no1.O=C(O)Cc1nc(C(=O)c2ccc(Cl)cc2)no1. The first-order valence-electron chi connectivity index (χ1n) is 19.9. The molecule has 70 heavy (non-hydrogen) atoms. The molecule has 1 amide bonds. The standard InChI is InChI=1S/C12H11N3O3.C12H9N3O2.C11H7ClN2O4.C11H6FN3O2/c1-7-2-4-8(5-3-7)11(17)12-14-10(18-15-12)6-9(13)16;1-8-2-4-9(5-3-8)11(16)12-14-10(6-7-13)17-15-12;12-7-3-1-6(2-4-7)10(17)11-13-8(18-14-11)5-9(15)16;12-8-3-1-7(2-4-8)10(16)11-14-9(5-6-13)17-15-11/h2-5H,6H2,1H3,(H2,13,16);2-5H,6H2,1H3;1-4H,5H2,(H,15,16);1-4H,5H2. The molecule has 4 heterocycles. The van der Waals surface area contributed by atoms with Crippen molar-refractivity contribution in [2.45, 2.75) is 39.5 Å². The van der Waals surface area contributed by atoms with Gasteiger partial charge in [0.2, 0.25) is 75.9 Å². The minimum absolute atomic E-state index is 0.00811. The highest BCUT2D eigenvalue weighted by Crippen LogP contribution is 2.14. The van der Waals surface area contributed by atoms with E-state index in [9.17, 15) is 33.2 Å². The van der Waals surface area contributed by atoms with Crippen LogP contribution in [0.5, 0.6) is 0 Å². The molecule has 0 aliphatic carbocycles. The molecular formula is C46H33ClFN11O11. The number of benzene rings is 4. The highest BCUT2D eigenvalue weighted by molar-refractivity contribution is 6.30. The summed E-state index contributed by atoms with van der Waals surface area (Å²) in [6.45, 7) is 3.86. The molecule has 0 saturated carbocycles. The second-order valence-corrected chi connectivity index (χ2v) is 14.4. The van der Waals surface area contributed by atoms with Crippen LogP contribution in [0.4, 0.5) is 4.39 Å². The number of rotatable bonds is 14. The zero-order valence-electron chi connectivity index (χ0n) is 36.4. The van der Waals surface area contributed by atoms with Gasteiger partial charge in [-0.25, -0.2) is 4.39 Å². The Kier molecular flexibility index (Phi) is 18.1. The Morgan fingerprint density at radius 1 is 0.529 bits per heavy atom. The van der Waals surface area contributed by atoms with Crippen LogP contribution in [-0.2, 0) is 35.3 Å². The smallest absolute Gasteiger partial charge is 0.312 e. The highest BCUT2D eigenvalue weighted by Gasteiger charge is 2.20. The van der Waals surface area contributed by atoms with Gasteiger partial charge in [-0.2, -0.15) is 30.5 Å².